The van der Waals surface area contributed by atoms with Crippen LogP contribution in [0.25, 0.3) is 0 Å². The van der Waals surface area contributed by atoms with Crippen LogP contribution in [0.15, 0.2) is 78.9 Å². The highest BCUT2D eigenvalue weighted by molar-refractivity contribution is 7.92. The number of anilines is 1. The van der Waals surface area contributed by atoms with E-state index in [4.69, 9.17) is 0 Å². The molecule has 0 fully saturated rings. The third kappa shape index (κ3) is 8.64. The molecule has 0 saturated heterocycles. The van der Waals surface area contributed by atoms with Crippen LogP contribution in [-0.2, 0) is 32.6 Å². The minimum Gasteiger partial charge on any atom is -0.354 e. The number of carbonyl (C=O) groups is 2. The number of sulfonamides is 1. The molecule has 0 aliphatic heterocycles. The number of carbonyl (C=O) groups excluding carboxylic acids is 2. The van der Waals surface area contributed by atoms with Crippen LogP contribution >= 0.6 is 0 Å². The van der Waals surface area contributed by atoms with Gasteiger partial charge in [-0.2, -0.15) is 0 Å². The first-order valence-corrected chi connectivity index (χ1v) is 14.7. The number of benzene rings is 3. The van der Waals surface area contributed by atoms with Gasteiger partial charge >= 0.3 is 0 Å². The van der Waals surface area contributed by atoms with Crippen molar-refractivity contribution in [1.29, 1.82) is 0 Å². The van der Waals surface area contributed by atoms with Crippen molar-refractivity contribution in [1.82, 2.24) is 10.2 Å². The number of halogens is 1. The maximum atomic E-state index is 14.8. The number of nitrogens with one attached hydrogen (secondary N) is 1. The summed E-state index contributed by atoms with van der Waals surface area (Å²) in [6, 6.07) is 21.0. The summed E-state index contributed by atoms with van der Waals surface area (Å²) < 4.78 is 41.3. The van der Waals surface area contributed by atoms with E-state index in [1.165, 1.54) is 11.0 Å². The van der Waals surface area contributed by atoms with Gasteiger partial charge in [0.25, 0.3) is 0 Å². The van der Waals surface area contributed by atoms with E-state index < -0.39 is 40.2 Å². The highest BCUT2D eigenvalue weighted by Gasteiger charge is 2.33. The van der Waals surface area contributed by atoms with E-state index in [0.29, 0.717) is 12.2 Å². The molecule has 0 aromatic heterocycles. The molecule has 7 nitrogen and oxygen atoms in total. The van der Waals surface area contributed by atoms with Crippen molar-refractivity contribution in [3.63, 3.8) is 0 Å². The first kappa shape index (κ1) is 29.8. The minimum atomic E-state index is -3.86. The largest absolute Gasteiger partial charge is 0.354 e. The van der Waals surface area contributed by atoms with Crippen LogP contribution in [0.4, 0.5) is 10.1 Å². The van der Waals surface area contributed by atoms with Gasteiger partial charge in [-0.1, -0.05) is 80.1 Å². The SMILES string of the molecule is Cc1ccc(N(CC(=O)N(Cc2ccccc2F)[C@H](Cc2ccccc2)C(=O)NCC(C)C)S(C)(=O)=O)cc1. The summed E-state index contributed by atoms with van der Waals surface area (Å²) in [5.74, 6) is -1.36. The average molecular weight is 554 g/mol. The van der Waals surface area contributed by atoms with Crippen LogP contribution in [0.2, 0.25) is 0 Å². The number of aryl methyl sites for hydroxylation is 1. The molecular formula is C30H36FN3O4S. The van der Waals surface area contributed by atoms with E-state index in [2.05, 4.69) is 5.32 Å². The molecule has 0 heterocycles. The zero-order chi connectivity index (χ0) is 28.6. The van der Waals surface area contributed by atoms with E-state index >= 15 is 0 Å². The number of amides is 2. The molecule has 3 aromatic carbocycles. The van der Waals surface area contributed by atoms with Crippen LogP contribution in [-0.4, -0.2) is 50.5 Å². The normalized spacial score (nSPS) is 12.2. The third-order valence-electron chi connectivity index (χ3n) is 6.26. The molecule has 1 N–H and O–H groups in total. The summed E-state index contributed by atoms with van der Waals surface area (Å²) in [4.78, 5) is 28.8. The van der Waals surface area contributed by atoms with Crippen LogP contribution in [0.1, 0.15) is 30.5 Å². The lowest BCUT2D eigenvalue weighted by Gasteiger charge is -2.33. The lowest BCUT2D eigenvalue weighted by atomic mass is 10.0. The van der Waals surface area contributed by atoms with Gasteiger partial charge < -0.3 is 10.2 Å². The van der Waals surface area contributed by atoms with Crippen LogP contribution < -0.4 is 9.62 Å². The minimum absolute atomic E-state index is 0.171. The summed E-state index contributed by atoms with van der Waals surface area (Å²) in [5, 5.41) is 2.90. The number of hydrogen-bond donors (Lipinski definition) is 1. The van der Waals surface area contributed by atoms with E-state index in [0.717, 1.165) is 21.7 Å². The van der Waals surface area contributed by atoms with Crippen molar-refractivity contribution in [2.75, 3.05) is 23.7 Å². The summed E-state index contributed by atoms with van der Waals surface area (Å²) in [6.07, 6.45) is 1.20. The lowest BCUT2D eigenvalue weighted by Crippen LogP contribution is -2.53. The predicted molar refractivity (Wildman–Crippen MR) is 152 cm³/mol. The summed E-state index contributed by atoms with van der Waals surface area (Å²) in [7, 11) is -3.86. The molecule has 3 rings (SSSR count). The summed E-state index contributed by atoms with van der Waals surface area (Å²) >= 11 is 0. The average Bonchev–Trinajstić information content (AvgIpc) is 2.89. The number of hydrogen-bond acceptors (Lipinski definition) is 4. The fourth-order valence-corrected chi connectivity index (χ4v) is 4.96. The Kier molecular flexibility index (Phi) is 10.2. The van der Waals surface area contributed by atoms with Gasteiger partial charge in [-0.15, -0.1) is 0 Å². The first-order valence-electron chi connectivity index (χ1n) is 12.8. The van der Waals surface area contributed by atoms with E-state index in [9.17, 15) is 22.4 Å². The van der Waals surface area contributed by atoms with Crippen molar-refractivity contribution in [2.45, 2.75) is 39.8 Å². The van der Waals surface area contributed by atoms with E-state index in [1.807, 2.05) is 51.1 Å². The molecule has 1 atom stereocenters. The standard InChI is InChI=1S/C30H36FN3O4S/c1-22(2)19-32-30(36)28(18-24-10-6-5-7-11-24)33(20-25-12-8-9-13-27(25)31)29(35)21-34(39(4,37)38)26-16-14-23(3)15-17-26/h5-17,22,28H,18-21H2,1-4H3,(H,32,36)/t28-/m1/s1. The Morgan fingerprint density at radius 3 is 2.13 bits per heavy atom. The topological polar surface area (TPSA) is 86.8 Å². The van der Waals surface area contributed by atoms with Crippen LogP contribution in [0.5, 0.6) is 0 Å². The molecule has 0 bridgehead atoms. The van der Waals surface area contributed by atoms with E-state index in [-0.39, 0.29) is 24.4 Å². The zero-order valence-corrected chi connectivity index (χ0v) is 23.6. The quantitative estimate of drug-likeness (QED) is 0.362. The molecule has 208 valence electrons. The molecule has 39 heavy (non-hydrogen) atoms. The Morgan fingerprint density at radius 1 is 0.923 bits per heavy atom. The second-order valence-corrected chi connectivity index (χ2v) is 12.0. The van der Waals surface area contributed by atoms with Crippen LogP contribution in [0.3, 0.4) is 0 Å². The monoisotopic (exact) mass is 553 g/mol. The Bertz CT molecular complexity index is 1360. The first-order chi connectivity index (χ1) is 18.5. The summed E-state index contributed by atoms with van der Waals surface area (Å²) in [5.41, 5.74) is 2.30. The van der Waals surface area contributed by atoms with Crippen molar-refractivity contribution >= 4 is 27.5 Å². The molecule has 9 heteroatoms. The molecule has 0 radical (unpaired) electrons. The Balaban J connectivity index is 2.05. The molecular weight excluding hydrogens is 517 g/mol. The van der Waals surface area contributed by atoms with Crippen molar-refractivity contribution < 1.29 is 22.4 Å². The van der Waals surface area contributed by atoms with Gasteiger partial charge in [-0.05, 0) is 36.6 Å². The van der Waals surface area contributed by atoms with Crippen molar-refractivity contribution in [2.24, 2.45) is 5.92 Å². The second kappa shape index (κ2) is 13.4. The number of nitrogens with zero attached hydrogens (tertiary/aromatic N) is 2. The Labute approximate surface area is 230 Å². The highest BCUT2D eigenvalue weighted by Crippen LogP contribution is 2.21. The van der Waals surface area contributed by atoms with Gasteiger partial charge in [-0.25, -0.2) is 12.8 Å². The lowest BCUT2D eigenvalue weighted by molar-refractivity contribution is -0.140. The van der Waals surface area contributed by atoms with Crippen molar-refractivity contribution in [3.8, 4) is 0 Å². The molecule has 0 spiro atoms. The molecule has 0 aliphatic carbocycles. The highest BCUT2D eigenvalue weighted by atomic mass is 32.2. The zero-order valence-electron chi connectivity index (χ0n) is 22.8. The van der Waals surface area contributed by atoms with E-state index in [1.54, 1.807) is 42.5 Å². The fraction of sp³-hybridized carbons (Fsp3) is 0.333. The Hall–Kier alpha value is -3.72. The molecule has 2 amide bonds. The third-order valence-corrected chi connectivity index (χ3v) is 7.40. The fourth-order valence-electron chi connectivity index (χ4n) is 4.11. The van der Waals surface area contributed by atoms with Gasteiger partial charge in [0.2, 0.25) is 21.8 Å². The summed E-state index contributed by atoms with van der Waals surface area (Å²) in [6.45, 7) is 5.44. The smallest absolute Gasteiger partial charge is 0.244 e. The van der Waals surface area contributed by atoms with Gasteiger partial charge in [0.1, 0.15) is 18.4 Å². The van der Waals surface area contributed by atoms with Crippen molar-refractivity contribution in [3.05, 3.63) is 101 Å². The molecule has 0 aliphatic rings. The maximum Gasteiger partial charge on any atom is 0.244 e. The van der Waals surface area contributed by atoms with Crippen LogP contribution in [0, 0.1) is 18.7 Å². The van der Waals surface area contributed by atoms with Gasteiger partial charge in [0.15, 0.2) is 0 Å². The maximum absolute atomic E-state index is 14.8. The predicted octanol–water partition coefficient (Wildman–Crippen LogP) is 4.31. The van der Waals surface area contributed by atoms with Gasteiger partial charge in [0.05, 0.1) is 11.9 Å². The molecule has 0 saturated carbocycles. The molecule has 3 aromatic rings. The number of rotatable bonds is 12. The second-order valence-electron chi connectivity index (χ2n) is 10.1. The van der Waals surface area contributed by atoms with Gasteiger partial charge in [0, 0.05) is 25.1 Å². The van der Waals surface area contributed by atoms with Gasteiger partial charge in [-0.3, -0.25) is 13.9 Å². The Morgan fingerprint density at radius 2 is 1.54 bits per heavy atom. The molecule has 0 unspecified atom stereocenters.